The Kier molecular flexibility index (Phi) is 7.77. The number of pyridine rings is 2. The lowest BCUT2D eigenvalue weighted by Gasteiger charge is -2.14. The van der Waals surface area contributed by atoms with Gasteiger partial charge in [-0.3, -0.25) is 0 Å². The Hall–Kier alpha value is -7.30. The molecule has 0 bridgehead atoms. The van der Waals surface area contributed by atoms with Gasteiger partial charge in [-0.05, 0) is 46.2 Å². The van der Waals surface area contributed by atoms with Crippen LogP contribution in [0.2, 0.25) is 0 Å². The first-order chi connectivity index (χ1) is 26.7. The molecular formula is C50H32N4. The number of benzene rings is 7. The molecule has 0 N–H and O–H groups in total. The van der Waals surface area contributed by atoms with E-state index in [9.17, 15) is 0 Å². The minimum absolute atomic E-state index is 0.704. The van der Waals surface area contributed by atoms with Crippen LogP contribution in [0, 0.1) is 0 Å². The van der Waals surface area contributed by atoms with Crippen LogP contribution < -0.4 is 0 Å². The summed E-state index contributed by atoms with van der Waals surface area (Å²) >= 11 is 0. The predicted octanol–water partition coefficient (Wildman–Crippen LogP) is 12.7. The van der Waals surface area contributed by atoms with E-state index in [1.807, 2.05) is 54.6 Å². The molecule has 0 aliphatic heterocycles. The van der Waals surface area contributed by atoms with Crippen molar-refractivity contribution in [1.29, 1.82) is 0 Å². The summed E-state index contributed by atoms with van der Waals surface area (Å²) in [5, 5.41) is 4.43. The van der Waals surface area contributed by atoms with E-state index in [0.717, 1.165) is 94.3 Å². The van der Waals surface area contributed by atoms with Crippen molar-refractivity contribution in [2.45, 2.75) is 0 Å². The number of rotatable bonds is 6. The Morgan fingerprint density at radius 3 is 1.37 bits per heavy atom. The summed E-state index contributed by atoms with van der Waals surface area (Å²) in [4.78, 5) is 20.5. The molecule has 0 saturated carbocycles. The molecule has 4 nitrogen and oxygen atoms in total. The Morgan fingerprint density at radius 1 is 0.259 bits per heavy atom. The van der Waals surface area contributed by atoms with E-state index in [1.54, 1.807) is 0 Å². The van der Waals surface area contributed by atoms with E-state index in [4.69, 9.17) is 19.9 Å². The number of nitrogens with zero attached hydrogens (tertiary/aromatic N) is 4. The second-order valence-corrected chi connectivity index (χ2v) is 13.4. The van der Waals surface area contributed by atoms with Crippen LogP contribution in [0.5, 0.6) is 0 Å². The Balaban J connectivity index is 1.08. The van der Waals surface area contributed by atoms with Crippen molar-refractivity contribution in [2.24, 2.45) is 0 Å². The maximum Gasteiger partial charge on any atom is 0.160 e. The van der Waals surface area contributed by atoms with Crippen LogP contribution in [0.15, 0.2) is 194 Å². The molecule has 0 spiro atoms. The molecule has 54 heavy (non-hydrogen) atoms. The zero-order chi connectivity index (χ0) is 35.8. The summed E-state index contributed by atoms with van der Waals surface area (Å²) in [5.41, 5.74) is 12.9. The maximum absolute atomic E-state index is 5.25. The SMILES string of the molecule is c1ccc(-c2cc(-c3ccc(-c4cccc(-c5ccc6ccc7ccc(-c8ccccc8)nc7c6n5)c4)c4ccccc34)nc(-c3ccccc3)n2)cc1. The fraction of sp³-hybridized carbons (Fsp3) is 0. The van der Waals surface area contributed by atoms with Crippen LogP contribution in [-0.2, 0) is 0 Å². The highest BCUT2D eigenvalue weighted by atomic mass is 14.9. The first-order valence-electron chi connectivity index (χ1n) is 18.1. The van der Waals surface area contributed by atoms with Crippen molar-refractivity contribution >= 4 is 32.6 Å². The molecule has 0 amide bonds. The van der Waals surface area contributed by atoms with E-state index in [2.05, 4.69) is 140 Å². The molecular weight excluding hydrogens is 657 g/mol. The Morgan fingerprint density at radius 2 is 0.722 bits per heavy atom. The highest BCUT2D eigenvalue weighted by molar-refractivity contribution is 6.06. The maximum atomic E-state index is 5.25. The van der Waals surface area contributed by atoms with Gasteiger partial charge in [0.05, 0.1) is 33.8 Å². The highest BCUT2D eigenvalue weighted by Gasteiger charge is 2.16. The van der Waals surface area contributed by atoms with Gasteiger partial charge in [0.2, 0.25) is 0 Å². The molecule has 0 radical (unpaired) electrons. The standard InChI is InChI=1S/C50H32N4/c1-4-13-33(14-5-1)44-29-25-35-23-24-36-26-30-45(52-49(36)48(35)51-44)39-20-12-19-38(31-39)40-27-28-43(42-22-11-10-21-41(40)42)47-32-46(34-15-6-2-7-16-34)53-50(54-47)37-17-8-3-9-18-37/h1-32H. The van der Waals surface area contributed by atoms with E-state index >= 15 is 0 Å². The molecule has 0 aliphatic rings. The summed E-state index contributed by atoms with van der Waals surface area (Å²) in [5.74, 6) is 0.704. The Bertz CT molecular complexity index is 2920. The van der Waals surface area contributed by atoms with Crippen LogP contribution in [0.3, 0.4) is 0 Å². The second kappa shape index (κ2) is 13.4. The van der Waals surface area contributed by atoms with Crippen LogP contribution in [0.25, 0.3) is 100 Å². The summed E-state index contributed by atoms with van der Waals surface area (Å²) in [6, 6.07) is 67.4. The summed E-state index contributed by atoms with van der Waals surface area (Å²) in [7, 11) is 0. The van der Waals surface area contributed by atoms with Crippen LogP contribution in [-0.4, -0.2) is 19.9 Å². The van der Waals surface area contributed by atoms with Gasteiger partial charge in [-0.1, -0.05) is 170 Å². The molecule has 3 heterocycles. The average Bonchev–Trinajstić information content (AvgIpc) is 3.26. The average molecular weight is 689 g/mol. The number of hydrogen-bond donors (Lipinski definition) is 0. The lowest BCUT2D eigenvalue weighted by Crippen LogP contribution is -1.96. The third kappa shape index (κ3) is 5.76. The number of fused-ring (bicyclic) bond motifs is 4. The molecule has 0 atom stereocenters. The number of aromatic nitrogens is 4. The van der Waals surface area contributed by atoms with E-state index in [0.29, 0.717) is 5.82 Å². The highest BCUT2D eigenvalue weighted by Crippen LogP contribution is 2.38. The van der Waals surface area contributed by atoms with Gasteiger partial charge in [0.1, 0.15) is 0 Å². The van der Waals surface area contributed by atoms with Gasteiger partial charge in [0.15, 0.2) is 5.82 Å². The van der Waals surface area contributed by atoms with Gasteiger partial charge in [0, 0.05) is 38.6 Å². The van der Waals surface area contributed by atoms with Gasteiger partial charge in [-0.15, -0.1) is 0 Å². The third-order valence-electron chi connectivity index (χ3n) is 10.1. The topological polar surface area (TPSA) is 51.6 Å². The molecule has 0 saturated heterocycles. The first-order valence-corrected chi connectivity index (χ1v) is 18.1. The smallest absolute Gasteiger partial charge is 0.160 e. The first kappa shape index (κ1) is 31.4. The third-order valence-corrected chi connectivity index (χ3v) is 10.1. The minimum atomic E-state index is 0.704. The predicted molar refractivity (Wildman–Crippen MR) is 223 cm³/mol. The van der Waals surface area contributed by atoms with Crippen LogP contribution in [0.1, 0.15) is 0 Å². The van der Waals surface area contributed by atoms with E-state index in [-0.39, 0.29) is 0 Å². The fourth-order valence-corrected chi connectivity index (χ4v) is 7.38. The molecule has 10 rings (SSSR count). The molecule has 10 aromatic rings. The van der Waals surface area contributed by atoms with Gasteiger partial charge in [0.25, 0.3) is 0 Å². The fourth-order valence-electron chi connectivity index (χ4n) is 7.38. The summed E-state index contributed by atoms with van der Waals surface area (Å²) in [6.45, 7) is 0. The largest absolute Gasteiger partial charge is 0.245 e. The van der Waals surface area contributed by atoms with Gasteiger partial charge >= 0.3 is 0 Å². The van der Waals surface area contributed by atoms with Gasteiger partial charge < -0.3 is 0 Å². The van der Waals surface area contributed by atoms with Crippen molar-refractivity contribution in [3.8, 4) is 67.5 Å². The van der Waals surface area contributed by atoms with Crippen molar-refractivity contribution < 1.29 is 0 Å². The van der Waals surface area contributed by atoms with Gasteiger partial charge in [-0.25, -0.2) is 19.9 Å². The van der Waals surface area contributed by atoms with Crippen molar-refractivity contribution in [3.63, 3.8) is 0 Å². The summed E-state index contributed by atoms with van der Waals surface area (Å²) in [6.07, 6.45) is 0. The van der Waals surface area contributed by atoms with Crippen LogP contribution in [0.4, 0.5) is 0 Å². The van der Waals surface area contributed by atoms with E-state index < -0.39 is 0 Å². The van der Waals surface area contributed by atoms with Crippen molar-refractivity contribution in [3.05, 3.63) is 194 Å². The quantitative estimate of drug-likeness (QED) is 0.163. The molecule has 252 valence electrons. The number of hydrogen-bond acceptors (Lipinski definition) is 4. The van der Waals surface area contributed by atoms with Crippen molar-refractivity contribution in [1.82, 2.24) is 19.9 Å². The lowest BCUT2D eigenvalue weighted by atomic mass is 9.92. The molecule has 3 aromatic heterocycles. The normalized spacial score (nSPS) is 11.3. The zero-order valence-corrected chi connectivity index (χ0v) is 29.3. The molecule has 0 aliphatic carbocycles. The summed E-state index contributed by atoms with van der Waals surface area (Å²) < 4.78 is 0. The molecule has 7 aromatic carbocycles. The van der Waals surface area contributed by atoms with Crippen molar-refractivity contribution in [2.75, 3.05) is 0 Å². The zero-order valence-electron chi connectivity index (χ0n) is 29.3. The Labute approximate surface area is 313 Å². The van der Waals surface area contributed by atoms with Crippen LogP contribution >= 0.6 is 0 Å². The molecule has 0 fully saturated rings. The minimum Gasteiger partial charge on any atom is -0.245 e. The molecule has 0 unspecified atom stereocenters. The monoisotopic (exact) mass is 688 g/mol. The second-order valence-electron chi connectivity index (χ2n) is 13.4. The lowest BCUT2D eigenvalue weighted by molar-refractivity contribution is 1.18. The van der Waals surface area contributed by atoms with Gasteiger partial charge in [-0.2, -0.15) is 0 Å². The molecule has 4 heteroatoms. The van der Waals surface area contributed by atoms with E-state index in [1.165, 1.54) is 0 Å².